The Balaban J connectivity index is 1.65. The van der Waals surface area contributed by atoms with E-state index in [1.54, 1.807) is 12.1 Å². The molecule has 0 radical (unpaired) electrons. The number of hydrogen-bond acceptors (Lipinski definition) is 4. The van der Waals surface area contributed by atoms with E-state index in [-0.39, 0.29) is 11.9 Å². The second kappa shape index (κ2) is 11.3. The average Bonchev–Trinajstić information content (AvgIpc) is 2.77. The molecule has 1 saturated heterocycles. The topological polar surface area (TPSA) is 27.7 Å². The molecule has 0 saturated carbocycles. The van der Waals surface area contributed by atoms with E-state index in [2.05, 4.69) is 25.7 Å². The molecule has 32 heavy (non-hydrogen) atoms. The molecule has 1 heterocycles. The SMILES string of the molecule is C=C(NCc1ccc(OCC(C)C)cc1)N(Cc1ccc(F)cc1)C1CCN(C)CC1F. The summed E-state index contributed by atoms with van der Waals surface area (Å²) >= 11 is 0. The zero-order valence-electron chi connectivity index (χ0n) is 19.4. The first-order valence-corrected chi connectivity index (χ1v) is 11.3. The maximum absolute atomic E-state index is 15.0. The molecule has 0 aromatic heterocycles. The number of alkyl halides is 1. The number of piperidine rings is 1. The van der Waals surface area contributed by atoms with Gasteiger partial charge in [-0.05, 0) is 54.8 Å². The Morgan fingerprint density at radius 1 is 1.16 bits per heavy atom. The summed E-state index contributed by atoms with van der Waals surface area (Å²) in [6.07, 6.45) is -0.272. The Labute approximate surface area is 190 Å². The van der Waals surface area contributed by atoms with Crippen LogP contribution in [0.3, 0.4) is 0 Å². The molecule has 0 spiro atoms. The van der Waals surface area contributed by atoms with Crippen molar-refractivity contribution in [3.05, 3.63) is 77.9 Å². The van der Waals surface area contributed by atoms with Gasteiger partial charge in [-0.1, -0.05) is 44.7 Å². The minimum absolute atomic E-state index is 0.275. The third-order valence-electron chi connectivity index (χ3n) is 5.73. The highest BCUT2D eigenvalue weighted by Crippen LogP contribution is 2.24. The maximum Gasteiger partial charge on any atom is 0.133 e. The molecule has 3 rings (SSSR count). The van der Waals surface area contributed by atoms with Gasteiger partial charge in [-0.25, -0.2) is 8.78 Å². The molecule has 4 nitrogen and oxygen atoms in total. The van der Waals surface area contributed by atoms with Crippen molar-refractivity contribution in [1.82, 2.24) is 15.1 Å². The number of halogens is 2. The molecular formula is C26H35F2N3O. The smallest absolute Gasteiger partial charge is 0.133 e. The monoisotopic (exact) mass is 443 g/mol. The molecule has 1 N–H and O–H groups in total. The van der Waals surface area contributed by atoms with E-state index in [0.29, 0.717) is 44.4 Å². The fourth-order valence-electron chi connectivity index (χ4n) is 3.87. The number of benzene rings is 2. The fourth-order valence-corrected chi connectivity index (χ4v) is 3.87. The summed E-state index contributed by atoms with van der Waals surface area (Å²) in [5.74, 6) is 1.73. The molecule has 2 aromatic rings. The van der Waals surface area contributed by atoms with Crippen LogP contribution in [0.4, 0.5) is 8.78 Å². The summed E-state index contributed by atoms with van der Waals surface area (Å²) in [4.78, 5) is 4.00. The molecule has 1 aliphatic heterocycles. The van der Waals surface area contributed by atoms with Crippen molar-refractivity contribution < 1.29 is 13.5 Å². The molecule has 174 valence electrons. The van der Waals surface area contributed by atoms with Gasteiger partial charge in [-0.15, -0.1) is 0 Å². The highest BCUT2D eigenvalue weighted by molar-refractivity contribution is 5.27. The largest absolute Gasteiger partial charge is 0.493 e. The van der Waals surface area contributed by atoms with Crippen LogP contribution >= 0.6 is 0 Å². The maximum atomic E-state index is 15.0. The van der Waals surface area contributed by atoms with Gasteiger partial charge in [0.05, 0.1) is 18.5 Å². The standard InChI is InChI=1S/C26H35F2N3O/c1-19(2)18-32-24-11-7-21(8-12-24)15-29-20(3)31(16-22-5-9-23(27)10-6-22)26-13-14-30(4)17-25(26)28/h5-12,19,25-26,29H,3,13-18H2,1-2,4H3. The van der Waals surface area contributed by atoms with Crippen LogP contribution in [-0.2, 0) is 13.1 Å². The molecule has 2 aromatic carbocycles. The second-order valence-electron chi connectivity index (χ2n) is 9.04. The lowest BCUT2D eigenvalue weighted by Gasteiger charge is -2.41. The van der Waals surface area contributed by atoms with Crippen molar-refractivity contribution in [1.29, 1.82) is 0 Å². The van der Waals surface area contributed by atoms with Crippen molar-refractivity contribution in [2.45, 2.75) is 45.6 Å². The van der Waals surface area contributed by atoms with E-state index >= 15 is 0 Å². The van der Waals surface area contributed by atoms with E-state index in [1.807, 2.05) is 41.1 Å². The van der Waals surface area contributed by atoms with E-state index in [4.69, 9.17) is 4.74 Å². The van der Waals surface area contributed by atoms with Crippen molar-refractivity contribution in [3.8, 4) is 5.75 Å². The van der Waals surface area contributed by atoms with Gasteiger partial charge >= 0.3 is 0 Å². The van der Waals surface area contributed by atoms with Crippen LogP contribution in [0, 0.1) is 11.7 Å². The first kappa shape index (κ1) is 24.1. The minimum atomic E-state index is -0.981. The normalized spacial score (nSPS) is 19.1. The molecule has 2 unspecified atom stereocenters. The van der Waals surface area contributed by atoms with Gasteiger partial charge in [0, 0.05) is 26.2 Å². The fraction of sp³-hybridized carbons (Fsp3) is 0.462. The number of nitrogens with zero attached hydrogens (tertiary/aromatic N) is 2. The van der Waals surface area contributed by atoms with Crippen LogP contribution < -0.4 is 10.1 Å². The third kappa shape index (κ3) is 6.95. The molecule has 2 atom stereocenters. The Kier molecular flexibility index (Phi) is 8.51. The molecule has 0 amide bonds. The van der Waals surface area contributed by atoms with Crippen LogP contribution in [0.15, 0.2) is 60.9 Å². The number of rotatable bonds is 10. The molecule has 0 aliphatic carbocycles. The minimum Gasteiger partial charge on any atom is -0.493 e. The van der Waals surface area contributed by atoms with Crippen LogP contribution in [0.5, 0.6) is 5.75 Å². The molecule has 0 bridgehead atoms. The van der Waals surface area contributed by atoms with E-state index in [1.165, 1.54) is 12.1 Å². The summed E-state index contributed by atoms with van der Waals surface area (Å²) in [5, 5.41) is 3.37. The lowest BCUT2D eigenvalue weighted by molar-refractivity contribution is 0.0542. The second-order valence-corrected chi connectivity index (χ2v) is 9.04. The Morgan fingerprint density at radius 2 is 1.81 bits per heavy atom. The average molecular weight is 444 g/mol. The lowest BCUT2D eigenvalue weighted by Crippen LogP contribution is -2.52. The van der Waals surface area contributed by atoms with Gasteiger partial charge in [-0.2, -0.15) is 0 Å². The zero-order valence-corrected chi connectivity index (χ0v) is 19.4. The lowest BCUT2D eigenvalue weighted by atomic mass is 10.0. The highest BCUT2D eigenvalue weighted by atomic mass is 19.1. The first-order valence-electron chi connectivity index (χ1n) is 11.3. The van der Waals surface area contributed by atoms with Gasteiger partial charge in [0.15, 0.2) is 0 Å². The highest BCUT2D eigenvalue weighted by Gasteiger charge is 2.33. The number of hydrogen-bond donors (Lipinski definition) is 1. The third-order valence-corrected chi connectivity index (χ3v) is 5.73. The van der Waals surface area contributed by atoms with Crippen molar-refractivity contribution in [3.63, 3.8) is 0 Å². The number of likely N-dealkylation sites (tertiary alicyclic amines) is 1. The zero-order chi connectivity index (χ0) is 23.1. The quantitative estimate of drug-likeness (QED) is 0.561. The van der Waals surface area contributed by atoms with Crippen molar-refractivity contribution in [2.24, 2.45) is 5.92 Å². The van der Waals surface area contributed by atoms with E-state index < -0.39 is 6.17 Å². The van der Waals surface area contributed by atoms with Crippen LogP contribution in [0.2, 0.25) is 0 Å². The molecular weight excluding hydrogens is 408 g/mol. The Bertz CT molecular complexity index is 854. The Morgan fingerprint density at radius 3 is 2.44 bits per heavy atom. The Hall–Kier alpha value is -2.60. The molecule has 6 heteroatoms. The van der Waals surface area contributed by atoms with Crippen LogP contribution in [0.1, 0.15) is 31.4 Å². The summed E-state index contributed by atoms with van der Waals surface area (Å²) < 4.78 is 34.1. The van der Waals surface area contributed by atoms with Gasteiger partial charge in [0.25, 0.3) is 0 Å². The predicted molar refractivity (Wildman–Crippen MR) is 125 cm³/mol. The van der Waals surface area contributed by atoms with E-state index in [0.717, 1.165) is 23.4 Å². The summed E-state index contributed by atoms with van der Waals surface area (Å²) in [5.41, 5.74) is 2.01. The van der Waals surface area contributed by atoms with Gasteiger partial charge in [-0.3, -0.25) is 0 Å². The molecule has 1 fully saturated rings. The van der Waals surface area contributed by atoms with E-state index in [9.17, 15) is 8.78 Å². The van der Waals surface area contributed by atoms with Gasteiger partial charge < -0.3 is 19.9 Å². The summed E-state index contributed by atoms with van der Waals surface area (Å²) in [7, 11) is 1.94. The first-order chi connectivity index (χ1) is 15.3. The van der Waals surface area contributed by atoms with Crippen molar-refractivity contribution >= 4 is 0 Å². The van der Waals surface area contributed by atoms with Gasteiger partial charge in [0.2, 0.25) is 0 Å². The molecule has 1 aliphatic rings. The number of nitrogens with one attached hydrogen (secondary N) is 1. The van der Waals surface area contributed by atoms with Crippen molar-refractivity contribution in [2.75, 3.05) is 26.7 Å². The van der Waals surface area contributed by atoms with Crippen LogP contribution in [-0.4, -0.2) is 48.8 Å². The van der Waals surface area contributed by atoms with Crippen LogP contribution in [0.25, 0.3) is 0 Å². The summed E-state index contributed by atoms with van der Waals surface area (Å²) in [6, 6.07) is 14.1. The predicted octanol–water partition coefficient (Wildman–Crippen LogP) is 4.97. The summed E-state index contributed by atoms with van der Waals surface area (Å²) in [6.45, 7) is 11.4. The van der Waals surface area contributed by atoms with Gasteiger partial charge in [0.1, 0.15) is 17.7 Å². The number of ether oxygens (including phenoxy) is 1.